The molecule has 4 rings (SSSR count). The number of benzene rings is 2. The van der Waals surface area contributed by atoms with E-state index in [1.165, 1.54) is 12.1 Å². The molecule has 2 heterocycles. The summed E-state index contributed by atoms with van der Waals surface area (Å²) in [5.41, 5.74) is 2.25. The van der Waals surface area contributed by atoms with Crippen molar-refractivity contribution in [1.82, 2.24) is 20.0 Å². The van der Waals surface area contributed by atoms with Crippen molar-refractivity contribution >= 4 is 11.8 Å². The molecule has 1 saturated heterocycles. The van der Waals surface area contributed by atoms with Crippen LogP contribution < -0.4 is 10.6 Å². The number of para-hydroxylation sites is 1. The Labute approximate surface area is 208 Å². The highest BCUT2D eigenvalue weighted by atomic mass is 19.4. The van der Waals surface area contributed by atoms with Gasteiger partial charge < -0.3 is 10.1 Å². The quantitative estimate of drug-likeness (QED) is 0.491. The molecule has 2 aromatic carbocycles. The van der Waals surface area contributed by atoms with Gasteiger partial charge in [-0.05, 0) is 37.6 Å². The number of rotatable bonds is 7. The van der Waals surface area contributed by atoms with Gasteiger partial charge in [-0.3, -0.25) is 10.2 Å². The van der Waals surface area contributed by atoms with Crippen LogP contribution in [0.4, 0.5) is 23.8 Å². The van der Waals surface area contributed by atoms with Gasteiger partial charge in [-0.2, -0.15) is 18.3 Å². The van der Waals surface area contributed by atoms with Gasteiger partial charge in [0, 0.05) is 38.2 Å². The van der Waals surface area contributed by atoms with E-state index in [0.717, 1.165) is 23.0 Å². The molecule has 3 aromatic rings. The van der Waals surface area contributed by atoms with Gasteiger partial charge in [-0.15, -0.1) is 0 Å². The largest absolute Gasteiger partial charge is 0.416 e. The van der Waals surface area contributed by atoms with E-state index in [-0.39, 0.29) is 12.0 Å². The Kier molecular flexibility index (Phi) is 7.65. The van der Waals surface area contributed by atoms with Crippen molar-refractivity contribution in [3.63, 3.8) is 0 Å². The van der Waals surface area contributed by atoms with Crippen molar-refractivity contribution in [2.75, 3.05) is 38.7 Å². The SMILES string of the molecule is COCCN1CC(NC(=O)Nc2c(C)c(C)nn2-c2ccccc2)C(c2cccc(C(F)(F)F)c2)C1. The summed E-state index contributed by atoms with van der Waals surface area (Å²) in [7, 11) is 1.60. The maximum absolute atomic E-state index is 13.4. The third kappa shape index (κ3) is 5.71. The van der Waals surface area contributed by atoms with Crippen LogP contribution in [0.1, 0.15) is 28.3 Å². The van der Waals surface area contributed by atoms with Crippen LogP contribution in [0.5, 0.6) is 0 Å². The van der Waals surface area contributed by atoms with Crippen LogP contribution in [0.2, 0.25) is 0 Å². The minimum absolute atomic E-state index is 0.309. The van der Waals surface area contributed by atoms with Crippen LogP contribution in [0.15, 0.2) is 54.6 Å². The number of ether oxygens (including phenoxy) is 1. The standard InChI is InChI=1S/C26H30F3N5O2/c1-17-18(2)32-34(21-10-5-4-6-11-21)24(17)31-25(35)30-23-16-33(12-13-36-3)15-22(23)19-8-7-9-20(14-19)26(27,28)29/h4-11,14,22-23H,12-13,15-16H2,1-3H3,(H2,30,31,35). The number of nitrogens with zero attached hydrogens (tertiary/aromatic N) is 3. The molecule has 1 fully saturated rings. The summed E-state index contributed by atoms with van der Waals surface area (Å²) in [4.78, 5) is 15.2. The number of likely N-dealkylation sites (tertiary alicyclic amines) is 1. The molecule has 1 aliphatic heterocycles. The Hall–Kier alpha value is -3.37. The number of halogens is 3. The molecule has 192 valence electrons. The number of alkyl halides is 3. The lowest BCUT2D eigenvalue weighted by Gasteiger charge is -2.22. The first-order valence-electron chi connectivity index (χ1n) is 11.7. The van der Waals surface area contributed by atoms with Gasteiger partial charge in [0.2, 0.25) is 0 Å². The number of anilines is 1. The number of carbonyl (C=O) groups excluding carboxylic acids is 1. The number of nitrogens with one attached hydrogen (secondary N) is 2. The molecule has 10 heteroatoms. The van der Waals surface area contributed by atoms with Crippen molar-refractivity contribution in [2.24, 2.45) is 0 Å². The van der Waals surface area contributed by atoms with Gasteiger partial charge in [0.15, 0.2) is 0 Å². The van der Waals surface area contributed by atoms with Crippen LogP contribution >= 0.6 is 0 Å². The zero-order valence-corrected chi connectivity index (χ0v) is 20.5. The fraction of sp³-hybridized carbons (Fsp3) is 0.385. The Morgan fingerprint density at radius 3 is 2.56 bits per heavy atom. The van der Waals surface area contributed by atoms with Crippen LogP contribution in [0.25, 0.3) is 5.69 Å². The molecule has 7 nitrogen and oxygen atoms in total. The maximum atomic E-state index is 13.4. The van der Waals surface area contributed by atoms with Gasteiger partial charge in [-0.1, -0.05) is 36.4 Å². The first kappa shape index (κ1) is 25.7. The smallest absolute Gasteiger partial charge is 0.383 e. The molecular weight excluding hydrogens is 471 g/mol. The second kappa shape index (κ2) is 10.7. The molecule has 36 heavy (non-hydrogen) atoms. The predicted molar refractivity (Wildman–Crippen MR) is 131 cm³/mol. The molecule has 0 bridgehead atoms. The minimum atomic E-state index is -4.43. The van der Waals surface area contributed by atoms with Crippen LogP contribution in [0, 0.1) is 13.8 Å². The fourth-order valence-corrected chi connectivity index (χ4v) is 4.54. The summed E-state index contributed by atoms with van der Waals surface area (Å²) in [6.07, 6.45) is -4.43. The lowest BCUT2D eigenvalue weighted by molar-refractivity contribution is -0.137. The van der Waals surface area contributed by atoms with E-state index in [9.17, 15) is 18.0 Å². The molecule has 1 aliphatic rings. The average Bonchev–Trinajstić information content (AvgIpc) is 3.38. The topological polar surface area (TPSA) is 71.4 Å². The van der Waals surface area contributed by atoms with Crippen LogP contribution in [-0.2, 0) is 10.9 Å². The van der Waals surface area contributed by atoms with Crippen LogP contribution in [-0.4, -0.2) is 60.1 Å². The summed E-state index contributed by atoms with van der Waals surface area (Å²) in [6, 6.07) is 14.0. The van der Waals surface area contributed by atoms with E-state index in [1.54, 1.807) is 17.9 Å². The number of amides is 2. The first-order valence-corrected chi connectivity index (χ1v) is 11.7. The van der Waals surface area contributed by atoms with Crippen molar-refractivity contribution in [3.8, 4) is 5.69 Å². The number of hydrogen-bond acceptors (Lipinski definition) is 4. The molecule has 0 saturated carbocycles. The number of carbonyl (C=O) groups is 1. The summed E-state index contributed by atoms with van der Waals surface area (Å²) in [6.45, 7) is 5.86. The van der Waals surface area contributed by atoms with Crippen molar-refractivity contribution in [2.45, 2.75) is 32.0 Å². The zero-order chi connectivity index (χ0) is 25.9. The summed E-state index contributed by atoms with van der Waals surface area (Å²) in [5.74, 6) is 0.234. The Morgan fingerprint density at radius 1 is 1.11 bits per heavy atom. The van der Waals surface area contributed by atoms with Crippen molar-refractivity contribution in [1.29, 1.82) is 0 Å². The van der Waals surface area contributed by atoms with Crippen molar-refractivity contribution in [3.05, 3.63) is 77.0 Å². The molecule has 1 aromatic heterocycles. The van der Waals surface area contributed by atoms with Gasteiger partial charge in [0.05, 0.1) is 29.6 Å². The Morgan fingerprint density at radius 2 is 1.86 bits per heavy atom. The lowest BCUT2D eigenvalue weighted by Crippen LogP contribution is -2.42. The first-order chi connectivity index (χ1) is 17.2. The highest BCUT2D eigenvalue weighted by molar-refractivity contribution is 5.90. The second-order valence-electron chi connectivity index (χ2n) is 8.99. The molecule has 0 aliphatic carbocycles. The third-order valence-corrected chi connectivity index (χ3v) is 6.56. The number of aromatic nitrogens is 2. The molecular formula is C26H30F3N5O2. The Bertz CT molecular complexity index is 1200. The minimum Gasteiger partial charge on any atom is -0.383 e. The molecule has 0 radical (unpaired) electrons. The number of urea groups is 1. The second-order valence-corrected chi connectivity index (χ2v) is 8.99. The summed E-state index contributed by atoms with van der Waals surface area (Å²) < 4.78 is 46.9. The summed E-state index contributed by atoms with van der Waals surface area (Å²) >= 11 is 0. The van der Waals surface area contributed by atoms with E-state index in [1.807, 2.05) is 44.2 Å². The fourth-order valence-electron chi connectivity index (χ4n) is 4.54. The highest BCUT2D eigenvalue weighted by Crippen LogP contribution is 2.34. The Balaban J connectivity index is 1.56. The van der Waals surface area contributed by atoms with E-state index >= 15 is 0 Å². The number of aryl methyl sites for hydroxylation is 1. The van der Waals surface area contributed by atoms with Crippen molar-refractivity contribution < 1.29 is 22.7 Å². The third-order valence-electron chi connectivity index (χ3n) is 6.56. The van der Waals surface area contributed by atoms with Gasteiger partial charge in [0.1, 0.15) is 5.82 Å². The predicted octanol–water partition coefficient (Wildman–Crippen LogP) is 4.74. The molecule has 2 atom stereocenters. The molecule has 2 N–H and O–H groups in total. The van der Waals surface area contributed by atoms with E-state index < -0.39 is 17.8 Å². The van der Waals surface area contributed by atoms with Gasteiger partial charge in [-0.25, -0.2) is 9.48 Å². The number of methoxy groups -OCH3 is 1. The normalized spacial score (nSPS) is 18.4. The van der Waals surface area contributed by atoms with E-state index in [4.69, 9.17) is 4.74 Å². The van der Waals surface area contributed by atoms with Gasteiger partial charge in [0.25, 0.3) is 0 Å². The van der Waals surface area contributed by atoms with E-state index in [2.05, 4.69) is 20.6 Å². The molecule has 0 spiro atoms. The van der Waals surface area contributed by atoms with E-state index in [0.29, 0.717) is 37.6 Å². The van der Waals surface area contributed by atoms with Gasteiger partial charge >= 0.3 is 12.2 Å². The van der Waals surface area contributed by atoms with Crippen LogP contribution in [0.3, 0.4) is 0 Å². The summed E-state index contributed by atoms with van der Waals surface area (Å²) in [5, 5.41) is 10.5. The maximum Gasteiger partial charge on any atom is 0.416 e. The highest BCUT2D eigenvalue weighted by Gasteiger charge is 2.37. The monoisotopic (exact) mass is 501 g/mol. The zero-order valence-electron chi connectivity index (χ0n) is 20.5. The number of hydrogen-bond donors (Lipinski definition) is 2. The molecule has 2 amide bonds. The molecule has 2 unspecified atom stereocenters. The lowest BCUT2D eigenvalue weighted by atomic mass is 9.93. The average molecular weight is 502 g/mol.